The van der Waals surface area contributed by atoms with Crippen molar-refractivity contribution >= 4 is 5.91 Å². The van der Waals surface area contributed by atoms with Gasteiger partial charge in [0.15, 0.2) is 0 Å². The normalized spacial score (nSPS) is 16.5. The van der Waals surface area contributed by atoms with Crippen LogP contribution in [0.5, 0.6) is 0 Å². The van der Waals surface area contributed by atoms with Gasteiger partial charge in [-0.1, -0.05) is 30.3 Å². The van der Waals surface area contributed by atoms with Crippen LogP contribution in [0.15, 0.2) is 30.3 Å². The molecule has 122 valence electrons. The van der Waals surface area contributed by atoms with Crippen molar-refractivity contribution in [2.45, 2.75) is 44.6 Å². The third kappa shape index (κ3) is 4.82. The van der Waals surface area contributed by atoms with Crippen LogP contribution in [0.2, 0.25) is 0 Å². The summed E-state index contributed by atoms with van der Waals surface area (Å²) in [5, 5.41) is 3.02. The molecule has 1 amide bonds. The van der Waals surface area contributed by atoms with Gasteiger partial charge in [-0.15, -0.1) is 0 Å². The zero-order valence-corrected chi connectivity index (χ0v) is 13.6. The second kappa shape index (κ2) is 8.30. The molecule has 2 rings (SSSR count). The van der Waals surface area contributed by atoms with Crippen LogP contribution < -0.4 is 5.32 Å². The van der Waals surface area contributed by atoms with E-state index in [0.29, 0.717) is 19.3 Å². The van der Waals surface area contributed by atoms with Crippen molar-refractivity contribution in [3.05, 3.63) is 35.9 Å². The van der Waals surface area contributed by atoms with Crippen molar-refractivity contribution in [3.63, 3.8) is 0 Å². The van der Waals surface area contributed by atoms with Crippen LogP contribution in [-0.2, 0) is 19.7 Å². The van der Waals surface area contributed by atoms with Gasteiger partial charge >= 0.3 is 0 Å². The molecule has 1 heterocycles. The van der Waals surface area contributed by atoms with E-state index in [4.69, 9.17) is 9.47 Å². The minimum atomic E-state index is -0.511. The van der Waals surface area contributed by atoms with Crippen LogP contribution in [0, 0.1) is 0 Å². The second-order valence-corrected chi connectivity index (χ2v) is 6.28. The summed E-state index contributed by atoms with van der Waals surface area (Å²) < 4.78 is 11.1. The number of amides is 1. The number of benzene rings is 1. The quantitative estimate of drug-likeness (QED) is 0.788. The van der Waals surface area contributed by atoms with E-state index < -0.39 is 5.41 Å². The van der Waals surface area contributed by atoms with Crippen molar-refractivity contribution < 1.29 is 14.3 Å². The highest BCUT2D eigenvalue weighted by Crippen LogP contribution is 2.22. The van der Waals surface area contributed by atoms with Crippen LogP contribution in [-0.4, -0.2) is 38.4 Å². The molecule has 0 spiro atoms. The molecule has 0 unspecified atom stereocenters. The number of carbonyl (C=O) groups excluding carboxylic acids is 1. The summed E-state index contributed by atoms with van der Waals surface area (Å²) in [7, 11) is 0. The first-order valence-electron chi connectivity index (χ1n) is 8.14. The van der Waals surface area contributed by atoms with Gasteiger partial charge in [-0.2, -0.15) is 0 Å². The summed E-state index contributed by atoms with van der Waals surface area (Å²) in [6, 6.07) is 9.88. The molecule has 4 heteroatoms. The fraction of sp³-hybridized carbons (Fsp3) is 0.611. The van der Waals surface area contributed by atoms with Crippen LogP contribution in [0.1, 0.15) is 38.7 Å². The van der Waals surface area contributed by atoms with E-state index in [1.807, 2.05) is 44.2 Å². The Balaban J connectivity index is 1.66. The lowest BCUT2D eigenvalue weighted by atomic mass is 9.84. The van der Waals surface area contributed by atoms with Crippen molar-refractivity contribution in [1.82, 2.24) is 5.32 Å². The van der Waals surface area contributed by atoms with Crippen LogP contribution in [0.25, 0.3) is 0 Å². The van der Waals surface area contributed by atoms with Crippen LogP contribution >= 0.6 is 0 Å². The molecule has 1 fully saturated rings. The SMILES string of the molecule is CC(C)(C(=O)NCCCOC1CCOCC1)c1ccccc1. The second-order valence-electron chi connectivity index (χ2n) is 6.28. The van der Waals surface area contributed by atoms with Gasteiger partial charge in [0.1, 0.15) is 0 Å². The molecule has 0 aromatic heterocycles. The molecule has 22 heavy (non-hydrogen) atoms. The average molecular weight is 305 g/mol. The summed E-state index contributed by atoms with van der Waals surface area (Å²) in [5.74, 6) is 0.0600. The Morgan fingerprint density at radius 2 is 1.95 bits per heavy atom. The summed E-state index contributed by atoms with van der Waals surface area (Å²) in [6.07, 6.45) is 3.12. The highest BCUT2D eigenvalue weighted by molar-refractivity contribution is 5.87. The first kappa shape index (κ1) is 17.0. The van der Waals surface area contributed by atoms with E-state index in [1.54, 1.807) is 0 Å². The summed E-state index contributed by atoms with van der Waals surface area (Å²) >= 11 is 0. The Hall–Kier alpha value is -1.39. The molecule has 0 saturated carbocycles. The fourth-order valence-electron chi connectivity index (χ4n) is 2.57. The maximum Gasteiger partial charge on any atom is 0.230 e. The summed E-state index contributed by atoms with van der Waals surface area (Å²) in [4.78, 5) is 12.4. The van der Waals surface area contributed by atoms with E-state index in [2.05, 4.69) is 5.32 Å². The summed E-state index contributed by atoms with van der Waals surface area (Å²) in [6.45, 7) is 6.85. The average Bonchev–Trinajstić information content (AvgIpc) is 2.56. The Kier molecular flexibility index (Phi) is 6.40. The van der Waals surface area contributed by atoms with Gasteiger partial charge in [0.25, 0.3) is 0 Å². The van der Waals surface area contributed by atoms with Crippen molar-refractivity contribution in [3.8, 4) is 0 Å². The Morgan fingerprint density at radius 3 is 2.64 bits per heavy atom. The monoisotopic (exact) mass is 305 g/mol. The van der Waals surface area contributed by atoms with Gasteiger partial charge in [0.2, 0.25) is 5.91 Å². The maximum absolute atomic E-state index is 12.4. The van der Waals surface area contributed by atoms with Gasteiger partial charge < -0.3 is 14.8 Å². The number of rotatable bonds is 7. The minimum Gasteiger partial charge on any atom is -0.381 e. The lowest BCUT2D eigenvalue weighted by molar-refractivity contribution is -0.125. The molecular weight excluding hydrogens is 278 g/mol. The van der Waals surface area contributed by atoms with Crippen molar-refractivity contribution in [1.29, 1.82) is 0 Å². The first-order valence-corrected chi connectivity index (χ1v) is 8.14. The molecule has 1 saturated heterocycles. The first-order chi connectivity index (χ1) is 10.6. The molecule has 4 nitrogen and oxygen atoms in total. The fourth-order valence-corrected chi connectivity index (χ4v) is 2.57. The molecule has 1 aromatic carbocycles. The van der Waals surface area contributed by atoms with Gasteiger partial charge in [-0.05, 0) is 38.7 Å². The zero-order valence-electron chi connectivity index (χ0n) is 13.6. The molecule has 1 aliphatic rings. The largest absolute Gasteiger partial charge is 0.381 e. The third-order valence-electron chi connectivity index (χ3n) is 4.19. The van der Waals surface area contributed by atoms with E-state index in [0.717, 1.165) is 38.0 Å². The number of nitrogens with one attached hydrogen (secondary N) is 1. The van der Waals surface area contributed by atoms with Gasteiger partial charge in [0.05, 0.1) is 11.5 Å². The van der Waals surface area contributed by atoms with E-state index in [-0.39, 0.29) is 5.91 Å². The number of hydrogen-bond acceptors (Lipinski definition) is 3. The Bertz CT molecular complexity index is 453. The lowest BCUT2D eigenvalue weighted by Gasteiger charge is -2.25. The maximum atomic E-state index is 12.4. The molecule has 1 N–H and O–H groups in total. The van der Waals surface area contributed by atoms with Gasteiger partial charge in [-0.25, -0.2) is 0 Å². The molecule has 0 bridgehead atoms. The third-order valence-corrected chi connectivity index (χ3v) is 4.19. The molecular formula is C18H27NO3. The lowest BCUT2D eigenvalue weighted by Crippen LogP contribution is -2.40. The highest BCUT2D eigenvalue weighted by Gasteiger charge is 2.29. The minimum absolute atomic E-state index is 0.0600. The van der Waals surface area contributed by atoms with E-state index in [1.165, 1.54) is 0 Å². The van der Waals surface area contributed by atoms with Crippen LogP contribution in [0.4, 0.5) is 0 Å². The number of carbonyl (C=O) groups is 1. The molecule has 1 aliphatic heterocycles. The van der Waals surface area contributed by atoms with Crippen molar-refractivity contribution in [2.24, 2.45) is 0 Å². The standard InChI is InChI=1S/C18H27NO3/c1-18(2,15-7-4-3-5-8-15)17(20)19-11-6-12-22-16-9-13-21-14-10-16/h3-5,7-8,16H,6,9-14H2,1-2H3,(H,19,20). The van der Waals surface area contributed by atoms with Gasteiger partial charge in [-0.3, -0.25) is 4.79 Å². The predicted molar refractivity (Wildman–Crippen MR) is 86.9 cm³/mol. The van der Waals surface area contributed by atoms with E-state index >= 15 is 0 Å². The number of ether oxygens (including phenoxy) is 2. The van der Waals surface area contributed by atoms with E-state index in [9.17, 15) is 4.79 Å². The van der Waals surface area contributed by atoms with Crippen molar-refractivity contribution in [2.75, 3.05) is 26.4 Å². The molecule has 0 aliphatic carbocycles. The Labute approximate surface area is 133 Å². The smallest absolute Gasteiger partial charge is 0.230 e. The number of hydrogen-bond donors (Lipinski definition) is 1. The summed E-state index contributed by atoms with van der Waals surface area (Å²) in [5.41, 5.74) is 0.522. The zero-order chi connectivity index (χ0) is 15.8. The Morgan fingerprint density at radius 1 is 1.27 bits per heavy atom. The van der Waals surface area contributed by atoms with Crippen LogP contribution in [0.3, 0.4) is 0 Å². The highest BCUT2D eigenvalue weighted by atomic mass is 16.5. The molecule has 0 radical (unpaired) electrons. The topological polar surface area (TPSA) is 47.6 Å². The molecule has 1 aromatic rings. The predicted octanol–water partition coefficient (Wildman–Crippen LogP) is 2.67. The van der Waals surface area contributed by atoms with Gasteiger partial charge in [0, 0.05) is 26.4 Å². The molecule has 0 atom stereocenters.